The molecule has 0 aromatic carbocycles. The van der Waals surface area contributed by atoms with E-state index in [1.54, 1.807) is 0 Å². The molecule has 0 radical (unpaired) electrons. The maximum atomic E-state index is 11.6. The molecule has 0 saturated heterocycles. The third kappa shape index (κ3) is 4.01. The van der Waals surface area contributed by atoms with Gasteiger partial charge in [-0.15, -0.1) is 0 Å². The van der Waals surface area contributed by atoms with Crippen molar-refractivity contribution in [2.75, 3.05) is 6.61 Å². The van der Waals surface area contributed by atoms with E-state index in [2.05, 4.69) is 10.3 Å². The topological polar surface area (TPSA) is 99.5 Å². The fraction of sp³-hybridized carbons (Fsp3) is 0.300. The van der Waals surface area contributed by atoms with Crippen molar-refractivity contribution >= 4 is 23.5 Å². The Bertz CT molecular complexity index is 407. The molecule has 3 N–H and O–H groups in total. The van der Waals surface area contributed by atoms with E-state index in [-0.39, 0.29) is 23.7 Å². The zero-order chi connectivity index (χ0) is 12.8. The highest BCUT2D eigenvalue weighted by molar-refractivity contribution is 6.29. The van der Waals surface area contributed by atoms with Gasteiger partial charge in [0.2, 0.25) is 0 Å². The van der Waals surface area contributed by atoms with Crippen molar-refractivity contribution in [2.24, 2.45) is 0 Å². The third-order valence-electron chi connectivity index (χ3n) is 2.01. The molecule has 1 atom stereocenters. The zero-order valence-corrected chi connectivity index (χ0v) is 9.52. The maximum Gasteiger partial charge on any atom is 0.326 e. The molecule has 0 aliphatic rings. The molecule has 6 nitrogen and oxygen atoms in total. The number of nitrogens with zero attached hydrogens (tertiary/aromatic N) is 1. The number of aliphatic carboxylic acids is 1. The van der Waals surface area contributed by atoms with Crippen LogP contribution in [0.3, 0.4) is 0 Å². The number of aliphatic hydroxyl groups is 1. The number of aliphatic hydroxyl groups excluding tert-OH is 1. The molecule has 17 heavy (non-hydrogen) atoms. The van der Waals surface area contributed by atoms with Gasteiger partial charge < -0.3 is 15.5 Å². The van der Waals surface area contributed by atoms with Gasteiger partial charge in [-0.3, -0.25) is 4.79 Å². The molecular formula is C10H11ClN2O4. The zero-order valence-electron chi connectivity index (χ0n) is 8.76. The van der Waals surface area contributed by atoms with Crippen molar-refractivity contribution in [2.45, 2.75) is 12.5 Å². The SMILES string of the molecule is O=C(N[C@H](CCO)C(=O)O)c1ccc(Cl)nc1. The lowest BCUT2D eigenvalue weighted by Gasteiger charge is -2.12. The number of carboxylic acids is 1. The fourth-order valence-corrected chi connectivity index (χ4v) is 1.25. The Hall–Kier alpha value is -1.66. The molecule has 0 bridgehead atoms. The molecule has 1 amide bonds. The number of carboxylic acid groups (broad SMARTS) is 1. The maximum absolute atomic E-state index is 11.6. The molecule has 7 heteroatoms. The minimum Gasteiger partial charge on any atom is -0.480 e. The molecule has 0 unspecified atom stereocenters. The van der Waals surface area contributed by atoms with Crippen LogP contribution in [0.5, 0.6) is 0 Å². The standard InChI is InChI=1S/C10H11ClN2O4/c11-8-2-1-6(5-12-8)9(15)13-7(3-4-14)10(16)17/h1-2,5,7,14H,3-4H2,(H,13,15)(H,16,17)/t7-/m1/s1. The minimum absolute atomic E-state index is 0.0535. The monoisotopic (exact) mass is 258 g/mol. The number of rotatable bonds is 5. The predicted octanol–water partition coefficient (Wildman–Crippen LogP) is 0.300. The van der Waals surface area contributed by atoms with Crippen molar-refractivity contribution in [3.63, 3.8) is 0 Å². The van der Waals surface area contributed by atoms with Crippen LogP contribution in [0.15, 0.2) is 18.3 Å². The summed E-state index contributed by atoms with van der Waals surface area (Å²) < 4.78 is 0. The minimum atomic E-state index is -1.20. The molecule has 0 spiro atoms. The molecule has 0 fully saturated rings. The normalized spacial score (nSPS) is 11.9. The first-order chi connectivity index (χ1) is 8.04. The molecular weight excluding hydrogens is 248 g/mol. The van der Waals surface area contributed by atoms with E-state index < -0.39 is 17.9 Å². The molecule has 1 aromatic rings. The van der Waals surface area contributed by atoms with E-state index in [4.69, 9.17) is 21.8 Å². The number of pyridine rings is 1. The summed E-state index contributed by atoms with van der Waals surface area (Å²) in [6, 6.07) is 1.74. The van der Waals surface area contributed by atoms with Crippen molar-refractivity contribution in [3.05, 3.63) is 29.0 Å². The first kappa shape index (κ1) is 13.4. The molecule has 0 aliphatic carbocycles. The van der Waals surface area contributed by atoms with Gasteiger partial charge in [0.25, 0.3) is 5.91 Å². The Balaban J connectivity index is 2.70. The van der Waals surface area contributed by atoms with E-state index in [0.717, 1.165) is 0 Å². The quantitative estimate of drug-likeness (QED) is 0.660. The molecule has 92 valence electrons. The van der Waals surface area contributed by atoms with Crippen LogP contribution in [0.25, 0.3) is 0 Å². The summed E-state index contributed by atoms with van der Waals surface area (Å²) in [7, 11) is 0. The average molecular weight is 259 g/mol. The van der Waals surface area contributed by atoms with E-state index >= 15 is 0 Å². The van der Waals surface area contributed by atoms with Crippen LogP contribution in [0.2, 0.25) is 5.15 Å². The van der Waals surface area contributed by atoms with Gasteiger partial charge in [-0.05, 0) is 12.1 Å². The largest absolute Gasteiger partial charge is 0.480 e. The van der Waals surface area contributed by atoms with Crippen molar-refractivity contribution in [3.8, 4) is 0 Å². The summed E-state index contributed by atoms with van der Waals surface area (Å²) in [5, 5.41) is 20.0. The van der Waals surface area contributed by atoms with Crippen molar-refractivity contribution in [1.29, 1.82) is 0 Å². The number of halogens is 1. The number of aromatic nitrogens is 1. The van der Waals surface area contributed by atoms with Crippen LogP contribution < -0.4 is 5.32 Å². The number of carbonyl (C=O) groups is 2. The number of hydrogen-bond acceptors (Lipinski definition) is 4. The number of nitrogens with one attached hydrogen (secondary N) is 1. The highest BCUT2D eigenvalue weighted by Gasteiger charge is 2.19. The lowest BCUT2D eigenvalue weighted by molar-refractivity contribution is -0.139. The van der Waals surface area contributed by atoms with E-state index in [1.165, 1.54) is 18.3 Å². The molecule has 1 rings (SSSR count). The summed E-state index contributed by atoms with van der Waals surface area (Å²) >= 11 is 5.55. The molecule has 1 aromatic heterocycles. The Labute approximate surface area is 102 Å². The summed E-state index contributed by atoms with van der Waals surface area (Å²) in [6.07, 6.45) is 1.19. The number of carbonyl (C=O) groups excluding carboxylic acids is 1. The van der Waals surface area contributed by atoms with E-state index in [0.29, 0.717) is 0 Å². The van der Waals surface area contributed by atoms with Crippen LogP contribution in [-0.2, 0) is 4.79 Å². The third-order valence-corrected chi connectivity index (χ3v) is 2.23. The first-order valence-corrected chi connectivity index (χ1v) is 5.18. The molecule has 0 saturated carbocycles. The Kier molecular flexibility index (Phi) is 4.86. The average Bonchev–Trinajstić information content (AvgIpc) is 2.29. The number of amides is 1. The first-order valence-electron chi connectivity index (χ1n) is 4.80. The van der Waals surface area contributed by atoms with Gasteiger partial charge >= 0.3 is 5.97 Å². The smallest absolute Gasteiger partial charge is 0.326 e. The van der Waals surface area contributed by atoms with Crippen molar-refractivity contribution in [1.82, 2.24) is 10.3 Å². The summed E-state index contributed by atoms with van der Waals surface area (Å²) in [5.41, 5.74) is 0.207. The lowest BCUT2D eigenvalue weighted by Crippen LogP contribution is -2.41. The van der Waals surface area contributed by atoms with Gasteiger partial charge in [0.1, 0.15) is 11.2 Å². The molecule has 0 aliphatic heterocycles. The Morgan fingerprint density at radius 2 is 2.18 bits per heavy atom. The number of hydrogen-bond donors (Lipinski definition) is 3. The summed E-state index contributed by atoms with van der Waals surface area (Å²) in [6.45, 7) is -0.323. The summed E-state index contributed by atoms with van der Waals surface area (Å²) in [4.78, 5) is 26.1. The summed E-state index contributed by atoms with van der Waals surface area (Å²) in [5.74, 6) is -1.77. The van der Waals surface area contributed by atoms with Gasteiger partial charge in [0.15, 0.2) is 0 Å². The van der Waals surface area contributed by atoms with Gasteiger partial charge in [-0.25, -0.2) is 9.78 Å². The van der Waals surface area contributed by atoms with Crippen LogP contribution in [0.4, 0.5) is 0 Å². The van der Waals surface area contributed by atoms with Gasteiger partial charge in [-0.1, -0.05) is 11.6 Å². The predicted molar refractivity (Wildman–Crippen MR) is 59.8 cm³/mol. The van der Waals surface area contributed by atoms with Crippen molar-refractivity contribution < 1.29 is 19.8 Å². The lowest BCUT2D eigenvalue weighted by atomic mass is 10.2. The highest BCUT2D eigenvalue weighted by Crippen LogP contribution is 2.05. The van der Waals surface area contributed by atoms with Crippen LogP contribution in [0, 0.1) is 0 Å². The van der Waals surface area contributed by atoms with Crippen LogP contribution in [0.1, 0.15) is 16.8 Å². The van der Waals surface area contributed by atoms with Gasteiger partial charge in [0, 0.05) is 19.2 Å². The second kappa shape index (κ2) is 6.17. The van der Waals surface area contributed by atoms with Crippen LogP contribution in [-0.4, -0.2) is 39.7 Å². The Morgan fingerprint density at radius 1 is 1.47 bits per heavy atom. The van der Waals surface area contributed by atoms with E-state index in [1.807, 2.05) is 0 Å². The van der Waals surface area contributed by atoms with E-state index in [9.17, 15) is 9.59 Å². The fourth-order valence-electron chi connectivity index (χ4n) is 1.14. The van der Waals surface area contributed by atoms with Crippen LogP contribution >= 0.6 is 11.6 Å². The highest BCUT2D eigenvalue weighted by atomic mass is 35.5. The van der Waals surface area contributed by atoms with Gasteiger partial charge in [0.05, 0.1) is 5.56 Å². The second-order valence-electron chi connectivity index (χ2n) is 3.25. The Morgan fingerprint density at radius 3 is 2.65 bits per heavy atom. The molecule has 1 heterocycles. The van der Waals surface area contributed by atoms with Gasteiger partial charge in [-0.2, -0.15) is 0 Å². The second-order valence-corrected chi connectivity index (χ2v) is 3.63.